The Morgan fingerprint density at radius 3 is 3.00 bits per heavy atom. The number of nitrogens with zero attached hydrogens (tertiary/aromatic N) is 6. The van der Waals surface area contributed by atoms with Gasteiger partial charge < -0.3 is 25.9 Å². The van der Waals surface area contributed by atoms with Crippen molar-refractivity contribution < 1.29 is 24.3 Å². The number of aliphatic carboxylic acids is 1. The minimum absolute atomic E-state index is 0.0922. The number of oxime groups is 1. The summed E-state index contributed by atoms with van der Waals surface area (Å²) in [4.78, 5) is 46.9. The number of β-lactam (4-membered cyclic amide) rings is 1. The van der Waals surface area contributed by atoms with Crippen molar-refractivity contribution in [1.82, 2.24) is 29.8 Å². The third kappa shape index (κ3) is 5.26. The normalized spacial score (nSPS) is 21.0. The quantitative estimate of drug-likeness (QED) is 0.174. The van der Waals surface area contributed by atoms with Crippen LogP contribution in [0.1, 0.15) is 12.7 Å². The highest BCUT2D eigenvalue weighted by atomic mass is 32.2. The summed E-state index contributed by atoms with van der Waals surface area (Å²) in [6, 6.07) is -0.783. The molecular formula is C16H16N8O5S4. The molecule has 2 aromatic heterocycles. The first kappa shape index (κ1) is 23.4. The van der Waals surface area contributed by atoms with Gasteiger partial charge in [0.15, 0.2) is 9.47 Å². The Labute approximate surface area is 203 Å². The second kappa shape index (κ2) is 10.0. The van der Waals surface area contributed by atoms with Gasteiger partial charge in [0.25, 0.3) is 11.8 Å². The zero-order valence-corrected chi connectivity index (χ0v) is 20.0. The average molecular weight is 529 g/mol. The number of hydrogen-bond acceptors (Lipinski definition) is 14. The first-order chi connectivity index (χ1) is 15.8. The van der Waals surface area contributed by atoms with Gasteiger partial charge in [0.2, 0.25) is 17.6 Å². The van der Waals surface area contributed by atoms with E-state index in [0.717, 1.165) is 21.4 Å². The lowest BCUT2D eigenvalue weighted by Gasteiger charge is -2.47. The van der Waals surface area contributed by atoms with Crippen LogP contribution in [-0.2, 0) is 19.2 Å². The lowest BCUT2D eigenvalue weighted by atomic mass is 10.1. The molecule has 0 radical (unpaired) electrons. The number of carbonyl (C=O) groups excluding carboxylic acids is 2. The molecule has 2 aliphatic rings. The highest BCUT2D eigenvalue weighted by Crippen LogP contribution is 2.37. The maximum absolute atomic E-state index is 12.9. The predicted molar refractivity (Wildman–Crippen MR) is 123 cm³/mol. The number of amides is 2. The number of thioether (sulfide) groups is 2. The summed E-state index contributed by atoms with van der Waals surface area (Å²) >= 11 is 5.36. The topological polar surface area (TPSA) is 186 Å². The third-order valence-corrected chi connectivity index (χ3v) is 8.26. The molecule has 2 amide bonds. The van der Waals surface area contributed by atoms with Gasteiger partial charge in [-0.3, -0.25) is 9.59 Å². The Bertz CT molecular complexity index is 1120. The van der Waals surface area contributed by atoms with Crippen LogP contribution in [0.2, 0.25) is 0 Å². The molecule has 2 aliphatic heterocycles. The molecule has 3 atom stereocenters. The number of nitrogen functional groups attached to an aromatic ring is 1. The van der Waals surface area contributed by atoms with Crippen molar-refractivity contribution in [2.24, 2.45) is 5.16 Å². The summed E-state index contributed by atoms with van der Waals surface area (Å²) in [5.74, 6) is -1.06. The van der Waals surface area contributed by atoms with Gasteiger partial charge in [0, 0.05) is 29.2 Å². The van der Waals surface area contributed by atoms with E-state index in [-0.39, 0.29) is 27.9 Å². The van der Waals surface area contributed by atoms with Crippen LogP contribution in [0.25, 0.3) is 0 Å². The van der Waals surface area contributed by atoms with Gasteiger partial charge >= 0.3 is 5.97 Å². The SMILES string of the molecule is CC(ON=C(C(=O)NC1C(=O)N2C=C(CSc3nncs3)CS[C@@H]12)c1nsc(N)n1)C(=O)O. The fraction of sp³-hybridized carbons (Fsp3) is 0.375. The van der Waals surface area contributed by atoms with Crippen LogP contribution in [0.4, 0.5) is 5.13 Å². The number of nitrogens with two attached hydrogens (primary N) is 1. The first-order valence-corrected chi connectivity index (χ1v) is 12.9. The van der Waals surface area contributed by atoms with Gasteiger partial charge in [0.1, 0.15) is 16.9 Å². The van der Waals surface area contributed by atoms with Crippen molar-refractivity contribution in [3.05, 3.63) is 23.1 Å². The van der Waals surface area contributed by atoms with E-state index in [2.05, 4.69) is 30.0 Å². The minimum atomic E-state index is -1.31. The van der Waals surface area contributed by atoms with E-state index in [1.165, 1.54) is 30.0 Å². The molecule has 0 aromatic carbocycles. The molecule has 1 fully saturated rings. The van der Waals surface area contributed by atoms with Crippen molar-refractivity contribution in [1.29, 1.82) is 0 Å². The van der Waals surface area contributed by atoms with E-state index in [9.17, 15) is 14.4 Å². The molecule has 13 nitrogen and oxygen atoms in total. The number of carboxylic acid groups (broad SMARTS) is 1. The van der Waals surface area contributed by atoms with Crippen LogP contribution in [0.15, 0.2) is 26.8 Å². The Kier molecular flexibility index (Phi) is 7.11. The number of carbonyl (C=O) groups is 3. The van der Waals surface area contributed by atoms with E-state index < -0.39 is 24.0 Å². The van der Waals surface area contributed by atoms with E-state index in [1.54, 1.807) is 28.4 Å². The summed E-state index contributed by atoms with van der Waals surface area (Å²) in [5, 5.41) is 22.8. The molecule has 33 heavy (non-hydrogen) atoms. The molecule has 0 saturated carbocycles. The van der Waals surface area contributed by atoms with Crippen molar-refractivity contribution in [3.8, 4) is 0 Å². The monoisotopic (exact) mass is 528 g/mol. The van der Waals surface area contributed by atoms with Gasteiger partial charge in [-0.1, -0.05) is 28.3 Å². The molecule has 4 N–H and O–H groups in total. The first-order valence-electron chi connectivity index (χ1n) is 9.23. The molecule has 2 aromatic rings. The second-order valence-electron chi connectivity index (χ2n) is 6.66. The zero-order valence-electron chi connectivity index (χ0n) is 16.8. The van der Waals surface area contributed by atoms with Crippen molar-refractivity contribution >= 4 is 75.0 Å². The van der Waals surface area contributed by atoms with E-state index in [0.29, 0.717) is 11.5 Å². The minimum Gasteiger partial charge on any atom is -0.478 e. The second-order valence-corrected chi connectivity index (χ2v) is 10.6. The Balaban J connectivity index is 1.41. The maximum atomic E-state index is 12.9. The maximum Gasteiger partial charge on any atom is 0.347 e. The molecule has 4 rings (SSSR count). The molecule has 4 heterocycles. The molecule has 2 unspecified atom stereocenters. The number of hydrogen-bond donors (Lipinski definition) is 3. The lowest BCUT2D eigenvalue weighted by Crippen LogP contribution is -2.69. The van der Waals surface area contributed by atoms with Gasteiger partial charge in [-0.25, -0.2) is 4.79 Å². The van der Waals surface area contributed by atoms with Crippen LogP contribution in [0.5, 0.6) is 0 Å². The molecule has 0 spiro atoms. The Morgan fingerprint density at radius 1 is 1.52 bits per heavy atom. The smallest absolute Gasteiger partial charge is 0.347 e. The van der Waals surface area contributed by atoms with Gasteiger partial charge in [-0.05, 0) is 12.5 Å². The molecule has 1 saturated heterocycles. The molecule has 17 heteroatoms. The third-order valence-electron chi connectivity index (χ3n) is 4.37. The summed E-state index contributed by atoms with van der Waals surface area (Å²) in [7, 11) is 0. The van der Waals surface area contributed by atoms with Crippen molar-refractivity contribution in [3.63, 3.8) is 0 Å². The summed E-state index contributed by atoms with van der Waals surface area (Å²) < 4.78 is 4.78. The summed E-state index contributed by atoms with van der Waals surface area (Å²) in [6.45, 7) is 1.25. The van der Waals surface area contributed by atoms with E-state index in [4.69, 9.17) is 15.7 Å². The highest BCUT2D eigenvalue weighted by Gasteiger charge is 2.49. The number of rotatable bonds is 9. The fourth-order valence-corrected chi connectivity index (χ4v) is 5.99. The zero-order chi connectivity index (χ0) is 23.5. The van der Waals surface area contributed by atoms with Crippen LogP contribution in [0, 0.1) is 0 Å². The largest absolute Gasteiger partial charge is 0.478 e. The van der Waals surface area contributed by atoms with Crippen molar-refractivity contribution in [2.45, 2.75) is 28.8 Å². The van der Waals surface area contributed by atoms with E-state index >= 15 is 0 Å². The van der Waals surface area contributed by atoms with Crippen molar-refractivity contribution in [2.75, 3.05) is 17.2 Å². The average Bonchev–Trinajstić information content (AvgIpc) is 3.47. The van der Waals surface area contributed by atoms with Crippen LogP contribution < -0.4 is 11.1 Å². The lowest BCUT2D eigenvalue weighted by molar-refractivity contribution is -0.149. The fourth-order valence-electron chi connectivity index (χ4n) is 2.72. The van der Waals surface area contributed by atoms with Gasteiger partial charge in [-0.15, -0.1) is 22.0 Å². The van der Waals surface area contributed by atoms with Crippen LogP contribution in [-0.4, -0.2) is 82.1 Å². The Hall–Kier alpha value is -2.76. The van der Waals surface area contributed by atoms with Crippen LogP contribution >= 0.6 is 46.4 Å². The number of aromatic nitrogens is 4. The molecule has 0 aliphatic carbocycles. The molecule has 0 bridgehead atoms. The number of nitrogens with one attached hydrogen (secondary N) is 1. The summed E-state index contributed by atoms with van der Waals surface area (Å²) in [5.41, 5.74) is 7.94. The van der Waals surface area contributed by atoms with E-state index in [1.807, 2.05) is 0 Å². The number of anilines is 1. The summed E-state index contributed by atoms with van der Waals surface area (Å²) in [6.07, 6.45) is 0.496. The predicted octanol–water partition coefficient (Wildman–Crippen LogP) is 0.242. The molecule has 174 valence electrons. The number of fused-ring (bicyclic) bond motifs is 1. The standard InChI is InChI=1S/C16H16N8O5S4/c1-6(14(27)28)29-22-8(10-20-15(17)33-23-10)11(25)19-9-12(26)24-2-7(3-30-13(9)24)4-31-16-21-18-5-32-16/h2,5-6,9,13H,3-4H2,1H3,(H,19,25)(H,27,28)(H2,17,20,23)/t6?,9?,13-/m0/s1. The number of carboxylic acids is 1. The van der Waals surface area contributed by atoms with Gasteiger partial charge in [0.05, 0.1) is 0 Å². The van der Waals surface area contributed by atoms with Crippen LogP contribution in [0.3, 0.4) is 0 Å². The highest BCUT2D eigenvalue weighted by molar-refractivity contribution is 8.01. The molecular weight excluding hydrogens is 512 g/mol. The Morgan fingerprint density at radius 2 is 2.33 bits per heavy atom. The van der Waals surface area contributed by atoms with Gasteiger partial charge in [-0.2, -0.15) is 9.36 Å².